The third kappa shape index (κ3) is 7.78. The Morgan fingerprint density at radius 3 is 2.27 bits per heavy atom. The molecule has 0 bridgehead atoms. The molecule has 0 amide bonds. The highest BCUT2D eigenvalue weighted by Crippen LogP contribution is 2.13. The first-order valence-electron chi connectivity index (χ1n) is 10.3. The van der Waals surface area contributed by atoms with Crippen LogP contribution in [0.5, 0.6) is 0 Å². The lowest BCUT2D eigenvalue weighted by Crippen LogP contribution is -2.48. The molecule has 7 nitrogen and oxygen atoms in total. The zero-order valence-corrected chi connectivity index (χ0v) is 17.0. The molecule has 0 spiro atoms. The number of hydrogen-bond acceptors (Lipinski definition) is 5. The molecule has 152 valence electrons. The van der Waals surface area contributed by atoms with Crippen molar-refractivity contribution in [3.63, 3.8) is 0 Å². The molecular weight excluding hydrogens is 330 g/mol. The van der Waals surface area contributed by atoms with Crippen molar-refractivity contribution in [2.75, 3.05) is 78.8 Å². The molecule has 2 aliphatic heterocycles. The maximum Gasteiger partial charge on any atom is 0.191 e. The van der Waals surface area contributed by atoms with Crippen LogP contribution in [0.1, 0.15) is 27.2 Å². The summed E-state index contributed by atoms with van der Waals surface area (Å²) in [5, 5.41) is 6.88. The number of aliphatic imine (C=N–C) groups is 1. The summed E-state index contributed by atoms with van der Waals surface area (Å²) in [5.74, 6) is 1.52. The van der Waals surface area contributed by atoms with Crippen molar-refractivity contribution >= 4 is 5.96 Å². The highest BCUT2D eigenvalue weighted by atomic mass is 16.5. The number of nitrogens with one attached hydrogen (secondary N) is 2. The molecule has 1 atom stereocenters. The van der Waals surface area contributed by atoms with Gasteiger partial charge in [0.2, 0.25) is 0 Å². The molecule has 2 aliphatic rings. The van der Waals surface area contributed by atoms with E-state index >= 15 is 0 Å². The van der Waals surface area contributed by atoms with E-state index in [1.54, 1.807) is 0 Å². The molecule has 2 rings (SSSR count). The number of nitrogens with zero attached hydrogens (tertiary/aromatic N) is 3. The van der Waals surface area contributed by atoms with E-state index in [1.807, 2.05) is 0 Å². The molecule has 2 fully saturated rings. The largest absolute Gasteiger partial charge is 0.379 e. The standard InChI is InChI=1S/C19H39N5O2/c1-4-20-19(21-6-5-7-23-8-12-25-13-9-23)22-16-18(17(2)3)24-10-14-26-15-11-24/h17-18H,4-16H2,1-3H3,(H2,20,21,22). The molecule has 2 N–H and O–H groups in total. The second-order valence-electron chi connectivity index (χ2n) is 7.41. The highest BCUT2D eigenvalue weighted by Gasteiger charge is 2.23. The number of ether oxygens (including phenoxy) is 2. The van der Waals surface area contributed by atoms with E-state index in [4.69, 9.17) is 14.5 Å². The van der Waals surface area contributed by atoms with Crippen molar-refractivity contribution in [2.24, 2.45) is 10.9 Å². The normalized spacial score (nSPS) is 21.8. The number of rotatable bonds is 9. The Hall–Kier alpha value is -0.890. The lowest BCUT2D eigenvalue weighted by atomic mass is 10.0. The molecule has 2 heterocycles. The summed E-state index contributed by atoms with van der Waals surface area (Å²) in [4.78, 5) is 9.88. The Morgan fingerprint density at radius 1 is 1.00 bits per heavy atom. The molecular formula is C19H39N5O2. The smallest absolute Gasteiger partial charge is 0.191 e. The summed E-state index contributed by atoms with van der Waals surface area (Å²) in [6.07, 6.45) is 1.13. The first-order chi connectivity index (χ1) is 12.7. The van der Waals surface area contributed by atoms with Gasteiger partial charge in [0.25, 0.3) is 0 Å². The fourth-order valence-corrected chi connectivity index (χ4v) is 3.52. The van der Waals surface area contributed by atoms with Crippen molar-refractivity contribution in [3.8, 4) is 0 Å². The van der Waals surface area contributed by atoms with Crippen molar-refractivity contribution in [2.45, 2.75) is 33.2 Å². The van der Waals surface area contributed by atoms with E-state index in [0.29, 0.717) is 12.0 Å². The molecule has 0 aromatic heterocycles. The van der Waals surface area contributed by atoms with Crippen LogP contribution in [0, 0.1) is 5.92 Å². The van der Waals surface area contributed by atoms with Gasteiger partial charge >= 0.3 is 0 Å². The van der Waals surface area contributed by atoms with E-state index in [9.17, 15) is 0 Å². The van der Waals surface area contributed by atoms with Crippen LogP contribution in [0.2, 0.25) is 0 Å². The molecule has 2 saturated heterocycles. The molecule has 1 unspecified atom stereocenters. The van der Waals surface area contributed by atoms with Crippen molar-refractivity contribution < 1.29 is 9.47 Å². The fraction of sp³-hybridized carbons (Fsp3) is 0.947. The minimum absolute atomic E-state index is 0.475. The number of hydrogen-bond donors (Lipinski definition) is 2. The van der Waals surface area contributed by atoms with Crippen LogP contribution < -0.4 is 10.6 Å². The van der Waals surface area contributed by atoms with Crippen LogP contribution in [0.4, 0.5) is 0 Å². The summed E-state index contributed by atoms with van der Waals surface area (Å²) < 4.78 is 10.9. The molecule has 0 aromatic carbocycles. The van der Waals surface area contributed by atoms with Crippen LogP contribution in [0.15, 0.2) is 4.99 Å². The van der Waals surface area contributed by atoms with Crippen LogP contribution in [0.25, 0.3) is 0 Å². The van der Waals surface area contributed by atoms with E-state index < -0.39 is 0 Å². The van der Waals surface area contributed by atoms with E-state index in [2.05, 4.69) is 41.2 Å². The summed E-state index contributed by atoms with van der Waals surface area (Å²) in [6.45, 7) is 18.1. The van der Waals surface area contributed by atoms with Gasteiger partial charge in [0.1, 0.15) is 0 Å². The van der Waals surface area contributed by atoms with Crippen molar-refractivity contribution in [1.82, 2.24) is 20.4 Å². The Bertz CT molecular complexity index is 393. The Morgan fingerprint density at radius 2 is 1.65 bits per heavy atom. The average Bonchev–Trinajstić information content (AvgIpc) is 2.66. The second-order valence-corrected chi connectivity index (χ2v) is 7.41. The Labute approximate surface area is 159 Å². The third-order valence-electron chi connectivity index (χ3n) is 5.11. The van der Waals surface area contributed by atoms with Gasteiger partial charge in [-0.05, 0) is 25.8 Å². The van der Waals surface area contributed by atoms with E-state index in [0.717, 1.165) is 91.2 Å². The van der Waals surface area contributed by atoms with Crippen LogP contribution in [-0.4, -0.2) is 101 Å². The minimum Gasteiger partial charge on any atom is -0.379 e. The maximum absolute atomic E-state index is 5.50. The van der Waals surface area contributed by atoms with Crippen LogP contribution in [-0.2, 0) is 9.47 Å². The average molecular weight is 370 g/mol. The Kier molecular flexibility index (Phi) is 10.3. The first kappa shape index (κ1) is 21.4. The SMILES string of the molecule is CCNC(=NCC(C(C)C)N1CCOCC1)NCCCN1CCOCC1. The molecule has 0 aliphatic carbocycles. The van der Waals surface area contributed by atoms with E-state index in [-0.39, 0.29) is 0 Å². The van der Waals surface area contributed by atoms with E-state index in [1.165, 1.54) is 0 Å². The fourth-order valence-electron chi connectivity index (χ4n) is 3.52. The van der Waals surface area contributed by atoms with Crippen LogP contribution >= 0.6 is 0 Å². The van der Waals surface area contributed by atoms with Gasteiger partial charge in [-0.25, -0.2) is 0 Å². The number of morpholine rings is 2. The van der Waals surface area contributed by atoms with Crippen molar-refractivity contribution in [1.29, 1.82) is 0 Å². The third-order valence-corrected chi connectivity index (χ3v) is 5.11. The number of guanidine groups is 1. The predicted molar refractivity (Wildman–Crippen MR) is 107 cm³/mol. The quantitative estimate of drug-likeness (QED) is 0.353. The maximum atomic E-state index is 5.50. The molecule has 7 heteroatoms. The second kappa shape index (κ2) is 12.5. The summed E-state index contributed by atoms with van der Waals surface area (Å²) in [6, 6.07) is 0.475. The van der Waals surface area contributed by atoms with Gasteiger partial charge in [0.15, 0.2) is 5.96 Å². The molecule has 0 saturated carbocycles. The van der Waals surface area contributed by atoms with Gasteiger partial charge in [0, 0.05) is 45.3 Å². The monoisotopic (exact) mass is 369 g/mol. The highest BCUT2D eigenvalue weighted by molar-refractivity contribution is 5.79. The Balaban J connectivity index is 1.75. The van der Waals surface area contributed by atoms with Gasteiger partial charge in [0.05, 0.1) is 33.0 Å². The van der Waals surface area contributed by atoms with Gasteiger partial charge in [-0.15, -0.1) is 0 Å². The first-order valence-corrected chi connectivity index (χ1v) is 10.3. The predicted octanol–water partition coefficient (Wildman–Crippen LogP) is 0.621. The minimum atomic E-state index is 0.475. The molecule has 0 radical (unpaired) electrons. The summed E-state index contributed by atoms with van der Waals surface area (Å²) >= 11 is 0. The van der Waals surface area contributed by atoms with Gasteiger partial charge in [-0.2, -0.15) is 0 Å². The summed E-state index contributed by atoms with van der Waals surface area (Å²) in [5.41, 5.74) is 0. The zero-order chi connectivity index (χ0) is 18.6. The summed E-state index contributed by atoms with van der Waals surface area (Å²) in [7, 11) is 0. The molecule has 0 aromatic rings. The topological polar surface area (TPSA) is 61.4 Å². The van der Waals surface area contributed by atoms with Gasteiger partial charge in [-0.3, -0.25) is 14.8 Å². The van der Waals surface area contributed by atoms with Crippen molar-refractivity contribution in [3.05, 3.63) is 0 Å². The zero-order valence-electron chi connectivity index (χ0n) is 17.0. The molecule has 26 heavy (non-hydrogen) atoms. The lowest BCUT2D eigenvalue weighted by molar-refractivity contribution is 0.00867. The lowest BCUT2D eigenvalue weighted by Gasteiger charge is -2.36. The van der Waals surface area contributed by atoms with Crippen LogP contribution in [0.3, 0.4) is 0 Å². The van der Waals surface area contributed by atoms with Gasteiger partial charge in [-0.1, -0.05) is 13.8 Å². The van der Waals surface area contributed by atoms with Gasteiger partial charge < -0.3 is 20.1 Å².